The lowest BCUT2D eigenvalue weighted by atomic mass is 10.2. The third-order valence-electron chi connectivity index (χ3n) is 2.90. The summed E-state index contributed by atoms with van der Waals surface area (Å²) in [6, 6.07) is 4.11. The molecule has 0 radical (unpaired) electrons. The van der Waals surface area contributed by atoms with Crippen molar-refractivity contribution in [1.82, 2.24) is 10.3 Å². The second-order valence-electron chi connectivity index (χ2n) is 4.56. The highest BCUT2D eigenvalue weighted by Gasteiger charge is 2.22. The maximum atomic E-state index is 12.1. The van der Waals surface area contributed by atoms with Gasteiger partial charge >= 0.3 is 5.97 Å². The van der Waals surface area contributed by atoms with Gasteiger partial charge in [-0.1, -0.05) is 29.3 Å². The predicted octanol–water partition coefficient (Wildman–Crippen LogP) is 3.63. The van der Waals surface area contributed by atoms with Crippen LogP contribution in [0.5, 0.6) is 0 Å². The van der Waals surface area contributed by atoms with Crippen LogP contribution in [0.1, 0.15) is 22.3 Å². The zero-order valence-electron chi connectivity index (χ0n) is 11.7. The van der Waals surface area contributed by atoms with Crippen molar-refractivity contribution in [3.63, 3.8) is 0 Å². The van der Waals surface area contributed by atoms with Crippen molar-refractivity contribution < 1.29 is 14.7 Å². The van der Waals surface area contributed by atoms with Gasteiger partial charge in [0.25, 0.3) is 5.91 Å². The number of carbonyl (C=O) groups excluding carboxylic acids is 1. The van der Waals surface area contributed by atoms with Gasteiger partial charge in [-0.15, -0.1) is 11.3 Å². The molecule has 0 aliphatic rings. The molecule has 8 heteroatoms. The van der Waals surface area contributed by atoms with E-state index in [1.165, 1.54) is 6.92 Å². The second-order valence-corrected chi connectivity index (χ2v) is 6.38. The van der Waals surface area contributed by atoms with Gasteiger partial charge in [-0.2, -0.15) is 0 Å². The van der Waals surface area contributed by atoms with Crippen LogP contribution >= 0.6 is 34.5 Å². The smallest absolute Gasteiger partial charge is 0.325 e. The number of halogens is 2. The van der Waals surface area contributed by atoms with Crippen molar-refractivity contribution in [1.29, 1.82) is 0 Å². The highest BCUT2D eigenvalue weighted by molar-refractivity contribution is 7.17. The summed E-state index contributed by atoms with van der Waals surface area (Å²) in [4.78, 5) is 27.6. The molecule has 1 aromatic carbocycles. The molecule has 2 aromatic rings. The monoisotopic (exact) mass is 358 g/mol. The Kier molecular flexibility index (Phi) is 5.05. The fourth-order valence-corrected chi connectivity index (χ4v) is 3.47. The highest BCUT2D eigenvalue weighted by Crippen LogP contribution is 2.37. The van der Waals surface area contributed by atoms with E-state index in [4.69, 9.17) is 28.3 Å². The average molecular weight is 359 g/mol. The Morgan fingerprint density at radius 3 is 2.45 bits per heavy atom. The summed E-state index contributed by atoms with van der Waals surface area (Å²) in [6.07, 6.45) is 0. The fourth-order valence-electron chi connectivity index (χ4n) is 1.74. The molecule has 0 aliphatic carbocycles. The summed E-state index contributed by atoms with van der Waals surface area (Å²) >= 11 is 13.4. The van der Waals surface area contributed by atoms with E-state index in [2.05, 4.69) is 10.3 Å². The number of nitrogens with one attached hydrogen (secondary N) is 1. The molecular weight excluding hydrogens is 347 g/mol. The molecule has 22 heavy (non-hydrogen) atoms. The Labute approximate surface area is 140 Å². The van der Waals surface area contributed by atoms with Gasteiger partial charge < -0.3 is 10.4 Å². The van der Waals surface area contributed by atoms with E-state index < -0.39 is 17.9 Å². The van der Waals surface area contributed by atoms with E-state index >= 15 is 0 Å². The topological polar surface area (TPSA) is 79.3 Å². The molecule has 1 aromatic heterocycles. The molecule has 0 saturated heterocycles. The number of aromatic nitrogens is 1. The summed E-state index contributed by atoms with van der Waals surface area (Å²) in [7, 11) is 0. The largest absolute Gasteiger partial charge is 0.480 e. The Hall–Kier alpha value is -1.63. The molecule has 0 spiro atoms. The Morgan fingerprint density at radius 1 is 1.32 bits per heavy atom. The molecule has 0 aliphatic heterocycles. The predicted molar refractivity (Wildman–Crippen MR) is 86.9 cm³/mol. The number of carboxylic acid groups (broad SMARTS) is 1. The van der Waals surface area contributed by atoms with E-state index in [0.29, 0.717) is 31.2 Å². The van der Waals surface area contributed by atoms with Gasteiger partial charge in [0, 0.05) is 5.56 Å². The minimum atomic E-state index is -1.11. The quantitative estimate of drug-likeness (QED) is 0.874. The first-order valence-corrected chi connectivity index (χ1v) is 7.84. The third kappa shape index (κ3) is 3.40. The number of carbonyl (C=O) groups is 2. The lowest BCUT2D eigenvalue weighted by Crippen LogP contribution is -2.38. The van der Waals surface area contributed by atoms with Crippen molar-refractivity contribution in [3.05, 3.63) is 38.8 Å². The van der Waals surface area contributed by atoms with Crippen LogP contribution in [0.3, 0.4) is 0 Å². The number of carboxylic acids is 1. The van der Waals surface area contributed by atoms with Crippen LogP contribution in [0.2, 0.25) is 10.0 Å². The number of rotatable bonds is 4. The average Bonchev–Trinajstić information content (AvgIpc) is 2.80. The number of hydrogen-bond acceptors (Lipinski definition) is 4. The summed E-state index contributed by atoms with van der Waals surface area (Å²) in [5.41, 5.74) is 1.05. The van der Waals surface area contributed by atoms with E-state index in [-0.39, 0.29) is 0 Å². The van der Waals surface area contributed by atoms with Crippen LogP contribution in [0.4, 0.5) is 0 Å². The molecule has 5 nitrogen and oxygen atoms in total. The third-order valence-corrected chi connectivity index (χ3v) is 4.70. The summed E-state index contributed by atoms with van der Waals surface area (Å²) in [5.74, 6) is -1.59. The first-order chi connectivity index (χ1) is 10.3. The van der Waals surface area contributed by atoms with Crippen LogP contribution in [0.15, 0.2) is 18.2 Å². The van der Waals surface area contributed by atoms with Gasteiger partial charge in [0.15, 0.2) is 0 Å². The number of hydrogen-bond donors (Lipinski definition) is 2. The van der Waals surface area contributed by atoms with Crippen LogP contribution in [-0.4, -0.2) is 28.0 Å². The van der Waals surface area contributed by atoms with Crippen molar-refractivity contribution in [2.45, 2.75) is 19.9 Å². The number of aryl methyl sites for hydroxylation is 1. The molecule has 1 heterocycles. The minimum Gasteiger partial charge on any atom is -0.480 e. The lowest BCUT2D eigenvalue weighted by Gasteiger charge is -2.07. The second kappa shape index (κ2) is 6.64. The molecule has 2 rings (SSSR count). The molecule has 0 fully saturated rings. The Bertz CT molecular complexity index is 725. The lowest BCUT2D eigenvalue weighted by molar-refractivity contribution is -0.138. The van der Waals surface area contributed by atoms with Gasteiger partial charge in [0.2, 0.25) is 0 Å². The first-order valence-electron chi connectivity index (χ1n) is 6.26. The molecule has 0 unspecified atom stereocenters. The van der Waals surface area contributed by atoms with Crippen molar-refractivity contribution in [3.8, 4) is 10.6 Å². The van der Waals surface area contributed by atoms with Gasteiger partial charge in [0.05, 0.1) is 15.7 Å². The summed E-state index contributed by atoms with van der Waals surface area (Å²) < 4.78 is 0. The minimum absolute atomic E-state index is 0.332. The number of thiazole rings is 1. The van der Waals surface area contributed by atoms with Gasteiger partial charge in [-0.25, -0.2) is 4.98 Å². The standard InChI is InChI=1S/C14H12Cl2N2O3S/c1-6-11(12(19)17-7(2)14(20)21)22-13(18-6)10-8(15)4-3-5-9(10)16/h3-5,7H,1-2H3,(H,17,19)(H,20,21)/t7-/m0/s1. The van der Waals surface area contributed by atoms with Gasteiger partial charge in [-0.3, -0.25) is 9.59 Å². The van der Waals surface area contributed by atoms with E-state index in [1.807, 2.05) is 0 Å². The molecule has 116 valence electrons. The normalized spacial score (nSPS) is 12.0. The fraction of sp³-hybridized carbons (Fsp3) is 0.214. The SMILES string of the molecule is Cc1nc(-c2c(Cl)cccc2Cl)sc1C(=O)N[C@@H](C)C(=O)O. The summed E-state index contributed by atoms with van der Waals surface area (Å²) in [5, 5.41) is 12.6. The van der Waals surface area contributed by atoms with Gasteiger partial charge in [-0.05, 0) is 26.0 Å². The van der Waals surface area contributed by atoms with Crippen LogP contribution in [0, 0.1) is 6.92 Å². The Balaban J connectivity index is 2.36. The zero-order chi connectivity index (χ0) is 16.4. The van der Waals surface area contributed by atoms with Crippen molar-refractivity contribution >= 4 is 46.4 Å². The van der Waals surface area contributed by atoms with E-state index in [1.54, 1.807) is 25.1 Å². The van der Waals surface area contributed by atoms with Gasteiger partial charge in [0.1, 0.15) is 15.9 Å². The summed E-state index contributed by atoms with van der Waals surface area (Å²) in [6.45, 7) is 3.06. The number of aliphatic carboxylic acids is 1. The maximum absolute atomic E-state index is 12.1. The highest BCUT2D eigenvalue weighted by atomic mass is 35.5. The molecular formula is C14H12Cl2N2O3S. The molecule has 2 N–H and O–H groups in total. The van der Waals surface area contributed by atoms with E-state index in [9.17, 15) is 9.59 Å². The molecule has 1 atom stereocenters. The Morgan fingerprint density at radius 2 is 1.91 bits per heavy atom. The number of nitrogens with zero attached hydrogens (tertiary/aromatic N) is 1. The van der Waals surface area contributed by atoms with Crippen LogP contribution < -0.4 is 5.32 Å². The first kappa shape index (κ1) is 16.7. The molecule has 0 bridgehead atoms. The maximum Gasteiger partial charge on any atom is 0.325 e. The van der Waals surface area contributed by atoms with E-state index in [0.717, 1.165) is 11.3 Å². The van der Waals surface area contributed by atoms with Crippen LogP contribution in [-0.2, 0) is 4.79 Å². The molecule has 0 saturated carbocycles. The van der Waals surface area contributed by atoms with Crippen molar-refractivity contribution in [2.75, 3.05) is 0 Å². The molecule has 1 amide bonds. The van der Waals surface area contributed by atoms with Crippen LogP contribution in [0.25, 0.3) is 10.6 Å². The number of benzene rings is 1. The number of amides is 1. The van der Waals surface area contributed by atoms with Crippen molar-refractivity contribution in [2.24, 2.45) is 0 Å². The zero-order valence-corrected chi connectivity index (χ0v) is 14.0.